The quantitative estimate of drug-likeness (QED) is 0.651. The molecule has 0 atom stereocenters. The third-order valence-corrected chi connectivity index (χ3v) is 13.6. The second-order valence-electron chi connectivity index (χ2n) is 8.82. The van der Waals surface area contributed by atoms with E-state index in [2.05, 4.69) is 58.1 Å². The van der Waals surface area contributed by atoms with Gasteiger partial charge in [-0.1, -0.05) is 0 Å². The summed E-state index contributed by atoms with van der Waals surface area (Å²) in [5.41, 5.74) is 0. The van der Waals surface area contributed by atoms with Gasteiger partial charge in [0, 0.05) is 0 Å². The topological polar surface area (TPSA) is 3.24 Å². The average Bonchev–Trinajstić information content (AvgIpc) is 2.52. The van der Waals surface area contributed by atoms with Crippen molar-refractivity contribution < 1.29 is 14.0 Å². The van der Waals surface area contributed by atoms with Crippen LogP contribution in [-0.4, -0.2) is 25.5 Å². The molecule has 0 N–H and O–H groups in total. The van der Waals surface area contributed by atoms with Crippen LogP contribution in [0.1, 0.15) is 12.8 Å². The van der Waals surface area contributed by atoms with Crippen LogP contribution in [0.15, 0.2) is 22.1 Å². The normalized spacial score (nSPS) is 20.8. The number of hydrogen-bond acceptors (Lipinski definition) is 1. The summed E-state index contributed by atoms with van der Waals surface area (Å²) in [6.45, 7) is 1.22. The zero-order valence-corrected chi connectivity index (χ0v) is 13.6. The van der Waals surface area contributed by atoms with E-state index in [-0.39, 0.29) is 0 Å². The molecule has 94 valence electrons. The van der Waals surface area contributed by atoms with E-state index >= 15 is 0 Å². The van der Waals surface area contributed by atoms with Gasteiger partial charge in [0.05, 0.1) is 0 Å². The monoisotopic (exact) mass is 259 g/mol. The van der Waals surface area contributed by atoms with Crippen molar-refractivity contribution in [3.05, 3.63) is 22.1 Å². The van der Waals surface area contributed by atoms with E-state index < -0.39 is 14.0 Å². The van der Waals surface area contributed by atoms with Crippen molar-refractivity contribution in [2.45, 2.75) is 38.5 Å². The standard InChI is InChI=1S/C5H12N.C5H5.4CH3.Ti/c1-4-5-6(2)3;1-2-4-5-3-1;;;;;/h1,4-5H2,2-3H3;1-3H,4H2;4*1H3;. The first kappa shape index (κ1) is 14.2. The van der Waals surface area contributed by atoms with Gasteiger partial charge in [-0.25, -0.2) is 0 Å². The predicted molar refractivity (Wildman–Crippen MR) is 73.3 cm³/mol. The van der Waals surface area contributed by atoms with Crippen molar-refractivity contribution in [1.82, 2.24) is 4.90 Å². The average molecular weight is 259 g/mol. The third kappa shape index (κ3) is 3.58. The van der Waals surface area contributed by atoms with Gasteiger partial charge < -0.3 is 0 Å². The van der Waals surface area contributed by atoms with Gasteiger partial charge in [-0.05, 0) is 0 Å². The van der Waals surface area contributed by atoms with Crippen molar-refractivity contribution in [2.75, 3.05) is 20.6 Å². The molecule has 16 heavy (non-hydrogen) atoms. The van der Waals surface area contributed by atoms with E-state index in [1.54, 1.807) is 3.88 Å². The molecule has 0 unspecified atom stereocenters. The Hall–Kier alpha value is 0.154. The van der Waals surface area contributed by atoms with Crippen LogP contribution in [0.25, 0.3) is 0 Å². The van der Waals surface area contributed by atoms with Crippen LogP contribution in [0, 0.1) is 0 Å². The Morgan fingerprint density at radius 3 is 2.25 bits per heavy atom. The van der Waals surface area contributed by atoms with Crippen LogP contribution in [0.2, 0.25) is 25.6 Å². The summed E-state index contributed by atoms with van der Waals surface area (Å²) in [5, 5.41) is 10.4. The van der Waals surface area contributed by atoms with Crippen LogP contribution in [-0.2, 0) is 14.0 Å². The van der Waals surface area contributed by atoms with Gasteiger partial charge in [-0.3, -0.25) is 0 Å². The molecule has 0 aromatic carbocycles. The maximum atomic E-state index is 2.59. The van der Waals surface area contributed by atoms with E-state index in [0.29, 0.717) is 0 Å². The molecule has 0 aromatic rings. The molecule has 0 bridgehead atoms. The summed E-state index contributed by atoms with van der Waals surface area (Å²) in [6, 6.07) is 0. The Morgan fingerprint density at radius 2 is 1.81 bits per heavy atom. The number of rotatable bonds is 5. The van der Waals surface area contributed by atoms with Crippen LogP contribution in [0.4, 0.5) is 0 Å². The van der Waals surface area contributed by atoms with E-state index in [1.165, 1.54) is 24.1 Å². The van der Waals surface area contributed by atoms with Crippen molar-refractivity contribution in [2.24, 2.45) is 0 Å². The Kier molecular flexibility index (Phi) is 3.40. The molecule has 0 amide bonds. The predicted octanol–water partition coefficient (Wildman–Crippen LogP) is 4.62. The molecule has 1 nitrogen and oxygen atoms in total. The molecule has 0 saturated carbocycles. The summed E-state index contributed by atoms with van der Waals surface area (Å²) in [6.07, 6.45) is 9.47. The fraction of sp³-hybridized carbons (Fsp3) is 0.714. The first-order chi connectivity index (χ1) is 7.04. The van der Waals surface area contributed by atoms with Gasteiger partial charge in [-0.15, -0.1) is 0 Å². The second-order valence-corrected chi connectivity index (χ2v) is 28.1. The molecule has 1 aliphatic carbocycles. The van der Waals surface area contributed by atoms with Gasteiger partial charge >= 0.3 is 100 Å². The molecular weight excluding hydrogens is 230 g/mol. The summed E-state index contributed by atoms with van der Waals surface area (Å²) in [4.78, 5) is 2.30. The first-order valence-electron chi connectivity index (χ1n) is 6.53. The van der Waals surface area contributed by atoms with E-state index in [4.69, 9.17) is 0 Å². The van der Waals surface area contributed by atoms with E-state index in [9.17, 15) is 0 Å². The van der Waals surface area contributed by atoms with Crippen molar-refractivity contribution >= 4 is 0 Å². The number of nitrogens with zero attached hydrogens (tertiary/aromatic N) is 1. The Balaban J connectivity index is 2.77. The Bertz CT molecular complexity index is 326. The first-order valence-corrected chi connectivity index (χ1v) is 14.7. The molecule has 0 fully saturated rings. The van der Waals surface area contributed by atoms with E-state index in [0.717, 1.165) is 0 Å². The molecule has 1 aliphatic rings. The zero-order chi connectivity index (χ0) is 12.5. The molecule has 0 aromatic heterocycles. The molecule has 0 heterocycles. The van der Waals surface area contributed by atoms with Crippen LogP contribution in [0.5, 0.6) is 0 Å². The Labute approximate surface area is 100 Å². The summed E-state index contributed by atoms with van der Waals surface area (Å²) >= 11 is -2.84. The SMILES string of the molecule is CN(C)CC[CH2][Ti]([CH3])([CH3])([CH3])([CH3])[C]1=CC=CC1. The Morgan fingerprint density at radius 1 is 1.19 bits per heavy atom. The molecule has 0 aliphatic heterocycles. The molecule has 0 spiro atoms. The minimum absolute atomic E-state index is 1.20. The summed E-state index contributed by atoms with van der Waals surface area (Å²) in [5.74, 6) is 0. The van der Waals surface area contributed by atoms with Crippen molar-refractivity contribution in [1.29, 1.82) is 0 Å². The van der Waals surface area contributed by atoms with Gasteiger partial charge in [0.15, 0.2) is 0 Å². The molecular formula is C14H29NTi. The zero-order valence-electron chi connectivity index (χ0n) is 12.0. The van der Waals surface area contributed by atoms with Crippen LogP contribution in [0.3, 0.4) is 0 Å². The number of hydrogen-bond donors (Lipinski definition) is 0. The molecule has 0 saturated heterocycles. The van der Waals surface area contributed by atoms with Crippen molar-refractivity contribution in [3.8, 4) is 0 Å². The maximum absolute atomic E-state index is 2.84. The van der Waals surface area contributed by atoms with Crippen molar-refractivity contribution in [3.63, 3.8) is 0 Å². The van der Waals surface area contributed by atoms with E-state index in [1.807, 2.05) is 0 Å². The van der Waals surface area contributed by atoms with Crippen LogP contribution < -0.4 is 0 Å². The minimum atomic E-state index is -2.84. The van der Waals surface area contributed by atoms with Gasteiger partial charge in [-0.2, -0.15) is 0 Å². The third-order valence-electron chi connectivity index (χ3n) is 4.19. The molecule has 2 heteroatoms. The molecule has 1 rings (SSSR count). The number of allylic oxidation sites excluding steroid dienone is 4. The fourth-order valence-electron chi connectivity index (χ4n) is 2.67. The van der Waals surface area contributed by atoms with Gasteiger partial charge in [0.25, 0.3) is 0 Å². The van der Waals surface area contributed by atoms with Crippen LogP contribution >= 0.6 is 0 Å². The second kappa shape index (κ2) is 3.83. The fourth-order valence-corrected chi connectivity index (χ4v) is 8.96. The summed E-state index contributed by atoms with van der Waals surface area (Å²) in [7, 11) is 4.34. The molecule has 0 radical (unpaired) electrons. The van der Waals surface area contributed by atoms with Gasteiger partial charge in [0.2, 0.25) is 0 Å². The summed E-state index contributed by atoms with van der Waals surface area (Å²) < 4.78 is 3.16. The van der Waals surface area contributed by atoms with Gasteiger partial charge in [0.1, 0.15) is 0 Å².